The lowest BCUT2D eigenvalue weighted by atomic mass is 10.2. The predicted octanol–water partition coefficient (Wildman–Crippen LogP) is 3.08. The van der Waals surface area contributed by atoms with E-state index in [4.69, 9.17) is 0 Å². The Bertz CT molecular complexity index is 71.7. The van der Waals surface area contributed by atoms with Gasteiger partial charge in [0.2, 0.25) is 0 Å². The molecule has 0 nitrogen and oxygen atoms in total. The maximum atomic E-state index is 4.16. The van der Waals surface area contributed by atoms with Crippen molar-refractivity contribution in [2.45, 2.75) is 32.4 Å². The molecule has 0 aliphatic heterocycles. The molecule has 62 valence electrons. The van der Waals surface area contributed by atoms with Crippen LogP contribution in [0, 0.1) is 5.92 Å². The monoisotopic (exact) mass is 178 g/mol. The third-order valence-electron chi connectivity index (χ3n) is 1.62. The third-order valence-corrected chi connectivity index (χ3v) is 3.53. The lowest BCUT2D eigenvalue weighted by Crippen LogP contribution is -2.06. The fourth-order valence-electron chi connectivity index (χ4n) is 0.526. The predicted molar refractivity (Wildman–Crippen MR) is 55.2 cm³/mol. The number of hydrogen-bond donors (Lipinski definition) is 1. The maximum Gasteiger partial charge on any atom is 0.00417 e. The van der Waals surface area contributed by atoms with Crippen molar-refractivity contribution in [3.05, 3.63) is 0 Å². The van der Waals surface area contributed by atoms with Crippen molar-refractivity contribution < 1.29 is 0 Å². The molecule has 0 aromatic rings. The minimum absolute atomic E-state index is 0.805. The van der Waals surface area contributed by atoms with Crippen molar-refractivity contribution >= 4 is 24.4 Å². The quantitative estimate of drug-likeness (QED) is 0.498. The average Bonchev–Trinajstić information content (AvgIpc) is 1.88. The fourth-order valence-corrected chi connectivity index (χ4v) is 1.97. The van der Waals surface area contributed by atoms with Crippen LogP contribution in [0.25, 0.3) is 0 Å². The molecule has 0 bridgehead atoms. The Morgan fingerprint density at radius 2 is 1.90 bits per heavy atom. The Morgan fingerprint density at radius 1 is 1.30 bits per heavy atom. The Hall–Kier alpha value is 0.700. The molecule has 2 heteroatoms. The largest absolute Gasteiger partial charge is 0.179 e. The van der Waals surface area contributed by atoms with Crippen LogP contribution in [0.4, 0.5) is 0 Å². The van der Waals surface area contributed by atoms with Gasteiger partial charge in [0.05, 0.1) is 0 Å². The summed E-state index contributed by atoms with van der Waals surface area (Å²) in [5, 5.41) is 0.805. The van der Waals surface area contributed by atoms with Crippen LogP contribution in [-0.2, 0) is 0 Å². The van der Waals surface area contributed by atoms with Gasteiger partial charge in [0, 0.05) is 5.25 Å². The van der Waals surface area contributed by atoms with E-state index >= 15 is 0 Å². The van der Waals surface area contributed by atoms with Gasteiger partial charge in [-0.05, 0) is 23.8 Å². The van der Waals surface area contributed by atoms with Crippen LogP contribution < -0.4 is 0 Å². The summed E-state index contributed by atoms with van der Waals surface area (Å²) in [6.45, 7) is 6.85. The number of hydrogen-bond acceptors (Lipinski definition) is 2. The molecule has 0 radical (unpaired) electrons. The summed E-state index contributed by atoms with van der Waals surface area (Å²) in [6, 6.07) is 0. The van der Waals surface area contributed by atoms with E-state index in [2.05, 4.69) is 45.2 Å². The van der Waals surface area contributed by atoms with Crippen molar-refractivity contribution in [3.8, 4) is 0 Å². The minimum atomic E-state index is 0.805. The van der Waals surface area contributed by atoms with Crippen molar-refractivity contribution in [1.82, 2.24) is 0 Å². The van der Waals surface area contributed by atoms with Crippen LogP contribution in [0.5, 0.6) is 0 Å². The SMILES string of the molecule is CC(C)C(C)SCCCS. The molecular weight excluding hydrogens is 160 g/mol. The summed E-state index contributed by atoms with van der Waals surface area (Å²) in [6.07, 6.45) is 1.24. The highest BCUT2D eigenvalue weighted by Gasteiger charge is 2.05. The maximum absolute atomic E-state index is 4.16. The lowest BCUT2D eigenvalue weighted by molar-refractivity contribution is 0.642. The first-order valence-electron chi connectivity index (χ1n) is 3.91. The van der Waals surface area contributed by atoms with Crippen molar-refractivity contribution in [1.29, 1.82) is 0 Å². The number of thioether (sulfide) groups is 1. The molecule has 0 N–H and O–H groups in total. The van der Waals surface area contributed by atoms with E-state index in [9.17, 15) is 0 Å². The Balaban J connectivity index is 3.13. The van der Waals surface area contributed by atoms with E-state index in [1.165, 1.54) is 12.2 Å². The zero-order valence-electron chi connectivity index (χ0n) is 7.13. The average molecular weight is 178 g/mol. The van der Waals surface area contributed by atoms with Gasteiger partial charge in [0.25, 0.3) is 0 Å². The second-order valence-electron chi connectivity index (χ2n) is 2.90. The molecule has 0 saturated heterocycles. The van der Waals surface area contributed by atoms with Crippen LogP contribution in [0.1, 0.15) is 27.2 Å². The van der Waals surface area contributed by atoms with E-state index in [-0.39, 0.29) is 0 Å². The zero-order valence-corrected chi connectivity index (χ0v) is 8.84. The van der Waals surface area contributed by atoms with Crippen molar-refractivity contribution in [2.75, 3.05) is 11.5 Å². The Labute approximate surface area is 74.6 Å². The summed E-state index contributed by atoms with van der Waals surface area (Å²) in [7, 11) is 0. The zero-order chi connectivity index (χ0) is 7.98. The molecule has 0 heterocycles. The summed E-state index contributed by atoms with van der Waals surface area (Å²) in [5.74, 6) is 3.10. The lowest BCUT2D eigenvalue weighted by Gasteiger charge is -2.13. The standard InChI is InChI=1S/C8H18S2/c1-7(2)8(3)10-6-4-5-9/h7-9H,4-6H2,1-3H3. The van der Waals surface area contributed by atoms with E-state index < -0.39 is 0 Å². The van der Waals surface area contributed by atoms with Crippen LogP contribution in [-0.4, -0.2) is 16.8 Å². The minimum Gasteiger partial charge on any atom is -0.179 e. The smallest absolute Gasteiger partial charge is 0.00417 e. The van der Waals surface area contributed by atoms with Crippen LogP contribution in [0.2, 0.25) is 0 Å². The summed E-state index contributed by atoms with van der Waals surface area (Å²) < 4.78 is 0. The molecule has 0 aliphatic rings. The fraction of sp³-hybridized carbons (Fsp3) is 1.00. The topological polar surface area (TPSA) is 0 Å². The van der Waals surface area contributed by atoms with Gasteiger partial charge in [-0.25, -0.2) is 0 Å². The molecule has 0 saturated carbocycles. The van der Waals surface area contributed by atoms with Gasteiger partial charge in [0.15, 0.2) is 0 Å². The first-order valence-corrected chi connectivity index (χ1v) is 5.59. The highest BCUT2D eigenvalue weighted by molar-refractivity contribution is 7.99. The summed E-state index contributed by atoms with van der Waals surface area (Å²) >= 11 is 6.22. The molecule has 0 amide bonds. The Morgan fingerprint density at radius 3 is 2.30 bits per heavy atom. The van der Waals surface area contributed by atoms with Gasteiger partial charge in [-0.3, -0.25) is 0 Å². The molecule has 1 unspecified atom stereocenters. The van der Waals surface area contributed by atoms with Crippen molar-refractivity contribution in [2.24, 2.45) is 5.92 Å². The van der Waals surface area contributed by atoms with Crippen molar-refractivity contribution in [3.63, 3.8) is 0 Å². The molecule has 1 atom stereocenters. The van der Waals surface area contributed by atoms with Gasteiger partial charge >= 0.3 is 0 Å². The van der Waals surface area contributed by atoms with E-state index in [1.54, 1.807) is 0 Å². The van der Waals surface area contributed by atoms with Gasteiger partial charge in [0.1, 0.15) is 0 Å². The third kappa shape index (κ3) is 5.48. The summed E-state index contributed by atoms with van der Waals surface area (Å²) in [5.41, 5.74) is 0. The first kappa shape index (κ1) is 10.7. The Kier molecular flexibility index (Phi) is 6.86. The normalized spacial score (nSPS) is 14.1. The molecule has 0 aromatic heterocycles. The van der Waals surface area contributed by atoms with Crippen LogP contribution >= 0.6 is 24.4 Å². The van der Waals surface area contributed by atoms with E-state index in [0.29, 0.717) is 0 Å². The molecule has 10 heavy (non-hydrogen) atoms. The van der Waals surface area contributed by atoms with Crippen LogP contribution in [0.15, 0.2) is 0 Å². The molecule has 0 rings (SSSR count). The molecule has 0 aromatic carbocycles. The van der Waals surface area contributed by atoms with E-state index in [1.807, 2.05) is 0 Å². The molecule has 0 spiro atoms. The first-order chi connectivity index (χ1) is 4.68. The highest BCUT2D eigenvalue weighted by atomic mass is 32.2. The van der Waals surface area contributed by atoms with Gasteiger partial charge in [-0.15, -0.1) is 0 Å². The molecule has 0 aliphatic carbocycles. The number of thiol groups is 1. The second-order valence-corrected chi connectivity index (χ2v) is 4.83. The van der Waals surface area contributed by atoms with Gasteiger partial charge in [-0.1, -0.05) is 20.8 Å². The van der Waals surface area contributed by atoms with E-state index in [0.717, 1.165) is 16.9 Å². The highest BCUT2D eigenvalue weighted by Crippen LogP contribution is 2.19. The van der Waals surface area contributed by atoms with Gasteiger partial charge in [-0.2, -0.15) is 24.4 Å². The molecular formula is C8H18S2. The van der Waals surface area contributed by atoms with Crippen LogP contribution in [0.3, 0.4) is 0 Å². The van der Waals surface area contributed by atoms with Gasteiger partial charge < -0.3 is 0 Å². The molecule has 0 fully saturated rings. The number of rotatable bonds is 5. The summed E-state index contributed by atoms with van der Waals surface area (Å²) in [4.78, 5) is 0. The second kappa shape index (κ2) is 6.41.